The zero-order valence-electron chi connectivity index (χ0n) is 8.06. The summed E-state index contributed by atoms with van der Waals surface area (Å²) in [5, 5.41) is 3.38. The molecule has 1 aromatic heterocycles. The Morgan fingerprint density at radius 1 is 1.33 bits per heavy atom. The fraction of sp³-hybridized carbons (Fsp3) is 0.556. The summed E-state index contributed by atoms with van der Waals surface area (Å²) in [4.78, 5) is 11.4. The number of alkyl halides is 3. The Labute approximate surface area is 83.9 Å². The second-order valence-electron chi connectivity index (χ2n) is 3.57. The highest BCUT2D eigenvalue weighted by molar-refractivity contribution is 5.99. The molecule has 0 amide bonds. The summed E-state index contributed by atoms with van der Waals surface area (Å²) in [6, 6.07) is 0. The van der Waals surface area contributed by atoms with Crippen molar-refractivity contribution in [2.75, 3.05) is 0 Å². The molecule has 0 bridgehead atoms. The van der Waals surface area contributed by atoms with Crippen molar-refractivity contribution in [3.8, 4) is 0 Å². The molecule has 0 radical (unpaired) electrons. The minimum absolute atomic E-state index is 0.182. The van der Waals surface area contributed by atoms with Crippen molar-refractivity contribution in [1.29, 1.82) is 0 Å². The molecule has 0 saturated carbocycles. The van der Waals surface area contributed by atoms with Crippen LogP contribution in [0.5, 0.6) is 0 Å². The number of Topliss-reactive ketones (excluding diaryl/α,β-unsaturated/α-hetero) is 1. The molecule has 0 saturated heterocycles. The van der Waals surface area contributed by atoms with Crippen molar-refractivity contribution in [3.63, 3.8) is 0 Å². The first-order chi connectivity index (χ1) is 6.91. The topological polar surface area (TPSA) is 34.9 Å². The van der Waals surface area contributed by atoms with Crippen LogP contribution < -0.4 is 0 Å². The van der Waals surface area contributed by atoms with Crippen LogP contribution in [0.1, 0.15) is 34.6 Å². The van der Waals surface area contributed by atoms with Crippen LogP contribution in [0.2, 0.25) is 0 Å². The lowest BCUT2D eigenvalue weighted by molar-refractivity contribution is -0.141. The third-order valence-electron chi connectivity index (χ3n) is 2.53. The first kappa shape index (κ1) is 10.2. The number of nitrogens with zero attached hydrogens (tertiary/aromatic N) is 2. The van der Waals surface area contributed by atoms with E-state index in [1.807, 2.05) is 0 Å². The van der Waals surface area contributed by atoms with Gasteiger partial charge in [0.25, 0.3) is 0 Å². The average molecular weight is 218 g/mol. The zero-order chi connectivity index (χ0) is 11.2. The van der Waals surface area contributed by atoms with Gasteiger partial charge < -0.3 is 0 Å². The minimum Gasteiger partial charge on any atom is -0.294 e. The van der Waals surface area contributed by atoms with Crippen molar-refractivity contribution in [1.82, 2.24) is 9.78 Å². The molecule has 3 nitrogen and oxygen atoms in total. The Hall–Kier alpha value is -1.33. The van der Waals surface area contributed by atoms with Crippen molar-refractivity contribution in [2.45, 2.75) is 25.4 Å². The average Bonchev–Trinajstić information content (AvgIpc) is 2.45. The van der Waals surface area contributed by atoms with E-state index in [0.717, 1.165) is 4.68 Å². The number of carbonyl (C=O) groups is 1. The molecule has 0 unspecified atom stereocenters. The molecule has 1 aliphatic rings. The molecular weight excluding hydrogens is 209 g/mol. The van der Waals surface area contributed by atoms with E-state index < -0.39 is 17.7 Å². The molecule has 0 spiro atoms. The fourth-order valence-electron chi connectivity index (χ4n) is 1.88. The van der Waals surface area contributed by atoms with Crippen LogP contribution in [0.4, 0.5) is 13.2 Å². The van der Waals surface area contributed by atoms with E-state index >= 15 is 0 Å². The second kappa shape index (κ2) is 3.08. The summed E-state index contributed by atoms with van der Waals surface area (Å²) in [6.45, 7) is 0. The quantitative estimate of drug-likeness (QED) is 0.667. The van der Waals surface area contributed by atoms with Gasteiger partial charge in [-0.05, 0) is 12.8 Å². The number of ketones is 1. The van der Waals surface area contributed by atoms with E-state index in [1.54, 1.807) is 0 Å². The lowest BCUT2D eigenvalue weighted by Crippen LogP contribution is -2.16. The minimum atomic E-state index is -4.54. The molecule has 0 aliphatic heterocycles. The first-order valence-corrected chi connectivity index (χ1v) is 4.57. The Bertz CT molecular complexity index is 420. The van der Waals surface area contributed by atoms with Gasteiger partial charge >= 0.3 is 6.18 Å². The second-order valence-corrected chi connectivity index (χ2v) is 3.57. The molecule has 6 heteroatoms. The van der Waals surface area contributed by atoms with E-state index in [-0.39, 0.29) is 12.0 Å². The van der Waals surface area contributed by atoms with Gasteiger partial charge in [0.15, 0.2) is 11.5 Å². The maximum absolute atomic E-state index is 12.5. The highest BCUT2D eigenvalue weighted by atomic mass is 19.4. The normalized spacial score (nSPS) is 16.7. The monoisotopic (exact) mass is 218 g/mol. The van der Waals surface area contributed by atoms with E-state index in [0.29, 0.717) is 18.5 Å². The van der Waals surface area contributed by atoms with Crippen LogP contribution >= 0.6 is 0 Å². The molecule has 0 fully saturated rings. The van der Waals surface area contributed by atoms with Crippen LogP contribution in [0.25, 0.3) is 0 Å². The summed E-state index contributed by atoms with van der Waals surface area (Å²) in [6.07, 6.45) is -3.27. The van der Waals surface area contributed by atoms with E-state index in [9.17, 15) is 18.0 Å². The molecule has 1 heterocycles. The van der Waals surface area contributed by atoms with Gasteiger partial charge in [0.2, 0.25) is 0 Å². The number of aryl methyl sites for hydroxylation is 1. The van der Waals surface area contributed by atoms with E-state index in [2.05, 4.69) is 5.10 Å². The Morgan fingerprint density at radius 2 is 2.00 bits per heavy atom. The van der Waals surface area contributed by atoms with Gasteiger partial charge in [-0.3, -0.25) is 9.48 Å². The van der Waals surface area contributed by atoms with Crippen LogP contribution in [0, 0.1) is 0 Å². The van der Waals surface area contributed by atoms with E-state index in [1.165, 1.54) is 7.05 Å². The number of fused-ring (bicyclic) bond motifs is 1. The smallest absolute Gasteiger partial charge is 0.294 e. The number of carbonyl (C=O) groups excluding carboxylic acids is 1. The van der Waals surface area contributed by atoms with Crippen LogP contribution in [0.3, 0.4) is 0 Å². The van der Waals surface area contributed by atoms with Gasteiger partial charge in [0, 0.05) is 19.2 Å². The summed E-state index contributed by atoms with van der Waals surface area (Å²) in [5.74, 6) is -0.448. The van der Waals surface area contributed by atoms with Gasteiger partial charge in [-0.1, -0.05) is 0 Å². The predicted octanol–water partition coefficient (Wildman–Crippen LogP) is 1.96. The molecule has 2 rings (SSSR count). The third kappa shape index (κ3) is 1.53. The van der Waals surface area contributed by atoms with Gasteiger partial charge in [-0.25, -0.2) is 0 Å². The highest BCUT2D eigenvalue weighted by Gasteiger charge is 2.41. The molecule has 0 atom stereocenters. The lowest BCUT2D eigenvalue weighted by Gasteiger charge is -2.12. The lowest BCUT2D eigenvalue weighted by atomic mass is 9.94. The van der Waals surface area contributed by atoms with Crippen LogP contribution in [0.15, 0.2) is 0 Å². The maximum atomic E-state index is 12.5. The van der Waals surface area contributed by atoms with E-state index in [4.69, 9.17) is 0 Å². The van der Waals surface area contributed by atoms with Crippen molar-refractivity contribution in [3.05, 3.63) is 17.0 Å². The fourth-order valence-corrected chi connectivity index (χ4v) is 1.88. The molecule has 1 aromatic rings. The standard InChI is InChI=1S/C9H9F3N2O/c1-14-5-3-2-4-6(15)7(5)8(13-14)9(10,11)12/h2-4H2,1H3. The number of hydrogen-bond donors (Lipinski definition) is 0. The maximum Gasteiger partial charge on any atom is 0.435 e. The number of halogens is 3. The van der Waals surface area contributed by atoms with Crippen molar-refractivity contribution in [2.24, 2.45) is 7.05 Å². The van der Waals surface area contributed by atoms with Crippen LogP contribution in [-0.2, 0) is 19.6 Å². The Kier molecular flexibility index (Phi) is 2.09. The molecule has 0 N–H and O–H groups in total. The van der Waals surface area contributed by atoms with Crippen molar-refractivity contribution < 1.29 is 18.0 Å². The zero-order valence-corrected chi connectivity index (χ0v) is 8.06. The number of rotatable bonds is 0. The summed E-state index contributed by atoms with van der Waals surface area (Å²) < 4.78 is 38.8. The molecule has 15 heavy (non-hydrogen) atoms. The van der Waals surface area contributed by atoms with Gasteiger partial charge in [0.05, 0.1) is 5.56 Å². The van der Waals surface area contributed by atoms with Gasteiger partial charge in [-0.2, -0.15) is 18.3 Å². The highest BCUT2D eigenvalue weighted by Crippen LogP contribution is 2.35. The summed E-state index contributed by atoms with van der Waals surface area (Å²) >= 11 is 0. The molecule has 0 aromatic carbocycles. The predicted molar refractivity (Wildman–Crippen MR) is 45.5 cm³/mol. The van der Waals surface area contributed by atoms with Gasteiger partial charge in [0.1, 0.15) is 0 Å². The van der Waals surface area contributed by atoms with Crippen LogP contribution in [-0.4, -0.2) is 15.6 Å². The Balaban J connectivity index is 2.63. The summed E-state index contributed by atoms with van der Waals surface area (Å²) in [7, 11) is 1.44. The number of aromatic nitrogens is 2. The largest absolute Gasteiger partial charge is 0.435 e. The molecule has 1 aliphatic carbocycles. The molecular formula is C9H9F3N2O. The van der Waals surface area contributed by atoms with Gasteiger partial charge in [-0.15, -0.1) is 0 Å². The third-order valence-corrected chi connectivity index (χ3v) is 2.53. The van der Waals surface area contributed by atoms with Crippen molar-refractivity contribution >= 4 is 5.78 Å². The number of hydrogen-bond acceptors (Lipinski definition) is 2. The SMILES string of the molecule is Cn1nc(C(F)(F)F)c2c1CCCC2=O. The Morgan fingerprint density at radius 3 is 2.60 bits per heavy atom. The first-order valence-electron chi connectivity index (χ1n) is 4.57. The molecule has 82 valence electrons. The summed E-state index contributed by atoms with van der Waals surface area (Å²) in [5.41, 5.74) is -0.862.